The van der Waals surface area contributed by atoms with E-state index in [4.69, 9.17) is 0 Å². The molecule has 0 N–H and O–H groups in total. The van der Waals surface area contributed by atoms with Gasteiger partial charge in [0.05, 0.1) is 9.73 Å². The first-order chi connectivity index (χ1) is 6.72. The highest BCUT2D eigenvalue weighted by molar-refractivity contribution is 7.93. The van der Waals surface area contributed by atoms with E-state index < -0.39 is 23.8 Å². The first-order valence-electron chi connectivity index (χ1n) is 4.56. The van der Waals surface area contributed by atoms with Crippen LogP contribution in [-0.2, 0) is 9.73 Å². The van der Waals surface area contributed by atoms with Gasteiger partial charge in [-0.2, -0.15) is 0 Å². The van der Waals surface area contributed by atoms with Crippen molar-refractivity contribution in [1.82, 2.24) is 4.98 Å². The fraction of sp³-hybridized carbons (Fsp3) is 0.444. The van der Waals surface area contributed by atoms with Gasteiger partial charge < -0.3 is 0 Å². The molecule has 0 spiro atoms. The summed E-state index contributed by atoms with van der Waals surface area (Å²) >= 11 is 0. The zero-order chi connectivity index (χ0) is 11.7. The van der Waals surface area contributed by atoms with Gasteiger partial charge in [-0.1, -0.05) is 0 Å². The summed E-state index contributed by atoms with van der Waals surface area (Å²) in [4.78, 5) is 3.81. The van der Waals surface area contributed by atoms with Gasteiger partial charge in [0, 0.05) is 12.5 Å². The van der Waals surface area contributed by atoms with E-state index in [-0.39, 0.29) is 5.03 Å². The van der Waals surface area contributed by atoms with Crippen molar-refractivity contribution in [1.29, 1.82) is 0 Å². The molecule has 0 fully saturated rings. The van der Waals surface area contributed by atoms with E-state index in [1.54, 1.807) is 0 Å². The molecule has 0 saturated carbocycles. The molecule has 0 aliphatic heterocycles. The molecule has 1 aromatic heterocycles. The molecule has 0 aliphatic rings. The Morgan fingerprint density at radius 3 is 2.53 bits per heavy atom. The van der Waals surface area contributed by atoms with Crippen molar-refractivity contribution in [3.8, 4) is 0 Å². The maximum absolute atomic E-state index is 13.4. The van der Waals surface area contributed by atoms with Crippen LogP contribution in [-0.4, -0.2) is 23.7 Å². The minimum atomic E-state index is -2.70. The van der Waals surface area contributed by atoms with Crippen molar-refractivity contribution < 1.29 is 8.60 Å². The van der Waals surface area contributed by atoms with E-state index in [1.165, 1.54) is 24.6 Å². The lowest BCUT2D eigenvalue weighted by Gasteiger charge is -2.12. The summed E-state index contributed by atoms with van der Waals surface area (Å²) < 4.78 is 29.8. The third-order valence-electron chi connectivity index (χ3n) is 1.53. The molecule has 0 bridgehead atoms. The number of hydrogen-bond acceptors (Lipinski definition) is 3. The van der Waals surface area contributed by atoms with E-state index in [0.29, 0.717) is 0 Å². The monoisotopic (exact) mass is 246 g/mol. The Balaban J connectivity index is 3.36. The highest BCUT2D eigenvalue weighted by Crippen LogP contribution is 2.16. The Hall–Kier alpha value is -0.753. The molecule has 15 heavy (non-hydrogen) atoms. The predicted molar refractivity (Wildman–Crippen MR) is 62.3 cm³/mol. The molecule has 6 heteroatoms. The third kappa shape index (κ3) is 3.39. The standard InChI is InChI=1S/C9H15FN2OSSi/c1-14(13,12-15(2,3)4)9-8(10)6-5-7-11-9/h5-7H,1-4H3. The second kappa shape index (κ2) is 4.01. The van der Waals surface area contributed by atoms with Crippen LogP contribution in [0.4, 0.5) is 4.39 Å². The molecule has 3 nitrogen and oxygen atoms in total. The van der Waals surface area contributed by atoms with Crippen molar-refractivity contribution in [2.75, 3.05) is 6.26 Å². The fourth-order valence-corrected chi connectivity index (χ4v) is 6.43. The van der Waals surface area contributed by atoms with Crippen molar-refractivity contribution in [3.63, 3.8) is 0 Å². The summed E-state index contributed by atoms with van der Waals surface area (Å²) in [5.74, 6) is -0.549. The van der Waals surface area contributed by atoms with Crippen LogP contribution in [0.3, 0.4) is 0 Å². The molecule has 0 aliphatic carbocycles. The Labute approximate surface area is 91.0 Å². The molecular formula is C9H15FN2OSSi. The molecule has 1 unspecified atom stereocenters. The van der Waals surface area contributed by atoms with Crippen molar-refractivity contribution in [3.05, 3.63) is 24.1 Å². The highest BCUT2D eigenvalue weighted by atomic mass is 32.2. The van der Waals surface area contributed by atoms with E-state index in [2.05, 4.69) is 9.01 Å². The van der Waals surface area contributed by atoms with Crippen LogP contribution in [0.1, 0.15) is 0 Å². The van der Waals surface area contributed by atoms with Crippen LogP contribution >= 0.6 is 0 Å². The van der Waals surface area contributed by atoms with Gasteiger partial charge in [0.2, 0.25) is 0 Å². The van der Waals surface area contributed by atoms with Gasteiger partial charge in [0.1, 0.15) is 0 Å². The van der Waals surface area contributed by atoms with Crippen molar-refractivity contribution in [2.24, 2.45) is 4.03 Å². The van der Waals surface area contributed by atoms with E-state index in [1.807, 2.05) is 19.6 Å². The maximum atomic E-state index is 13.4. The highest BCUT2D eigenvalue weighted by Gasteiger charge is 2.19. The van der Waals surface area contributed by atoms with Gasteiger partial charge in [0.15, 0.2) is 19.1 Å². The summed E-state index contributed by atoms with van der Waals surface area (Å²) in [5, 5.41) is -0.0348. The van der Waals surface area contributed by atoms with Crippen molar-refractivity contribution >= 4 is 18.0 Å². The number of nitrogens with zero attached hydrogens (tertiary/aromatic N) is 2. The number of halogens is 1. The molecule has 1 heterocycles. The van der Waals surface area contributed by atoms with Gasteiger partial charge in [0.25, 0.3) is 0 Å². The minimum Gasteiger partial charge on any atom is -0.273 e. The van der Waals surface area contributed by atoms with Crippen LogP contribution in [0.25, 0.3) is 0 Å². The van der Waals surface area contributed by atoms with E-state index in [0.717, 1.165) is 0 Å². The SMILES string of the molecule is C[Si](C)(C)N=S(C)(=O)c1ncccc1F. The Bertz CT molecular complexity index is 475. The summed E-state index contributed by atoms with van der Waals surface area (Å²) in [6.45, 7) is 5.87. The second-order valence-corrected chi connectivity index (χ2v) is 11.4. The van der Waals surface area contributed by atoms with Gasteiger partial charge in [-0.05, 0) is 31.8 Å². The first kappa shape index (κ1) is 12.3. The molecule has 0 radical (unpaired) electrons. The third-order valence-corrected chi connectivity index (χ3v) is 6.13. The lowest BCUT2D eigenvalue weighted by Crippen LogP contribution is -2.20. The second-order valence-electron chi connectivity index (χ2n) is 4.36. The number of hydrogen-bond donors (Lipinski definition) is 0. The van der Waals surface area contributed by atoms with Gasteiger partial charge in [-0.15, -0.1) is 0 Å². The Morgan fingerprint density at radius 2 is 2.07 bits per heavy atom. The van der Waals surface area contributed by atoms with Crippen LogP contribution in [0.15, 0.2) is 27.4 Å². The molecule has 1 aromatic rings. The average molecular weight is 246 g/mol. The normalized spacial score (nSPS) is 15.8. The maximum Gasteiger partial charge on any atom is 0.185 e. The van der Waals surface area contributed by atoms with Gasteiger partial charge >= 0.3 is 0 Å². The van der Waals surface area contributed by atoms with Crippen LogP contribution < -0.4 is 0 Å². The predicted octanol–water partition coefficient (Wildman–Crippen LogP) is 2.51. The first-order valence-corrected chi connectivity index (χ1v) is 9.93. The molecule has 0 aromatic carbocycles. The van der Waals surface area contributed by atoms with Gasteiger partial charge in [-0.25, -0.2) is 13.6 Å². The zero-order valence-electron chi connectivity index (χ0n) is 9.32. The molecular weight excluding hydrogens is 231 g/mol. The van der Waals surface area contributed by atoms with Crippen molar-refractivity contribution in [2.45, 2.75) is 24.7 Å². The number of aromatic nitrogens is 1. The summed E-state index contributed by atoms with van der Waals surface area (Å²) in [5.41, 5.74) is 0. The fourth-order valence-electron chi connectivity index (χ4n) is 1.22. The Morgan fingerprint density at radius 1 is 1.47 bits per heavy atom. The molecule has 0 amide bonds. The summed E-state index contributed by atoms with van der Waals surface area (Å²) in [7, 11) is -4.55. The van der Waals surface area contributed by atoms with Crippen LogP contribution in [0.2, 0.25) is 19.6 Å². The van der Waals surface area contributed by atoms with Crippen LogP contribution in [0.5, 0.6) is 0 Å². The average Bonchev–Trinajstić information content (AvgIpc) is 1.99. The molecule has 0 saturated heterocycles. The van der Waals surface area contributed by atoms with E-state index in [9.17, 15) is 8.60 Å². The van der Waals surface area contributed by atoms with Crippen LogP contribution in [0, 0.1) is 5.82 Å². The lowest BCUT2D eigenvalue weighted by molar-refractivity contribution is 0.579. The largest absolute Gasteiger partial charge is 0.273 e. The smallest absolute Gasteiger partial charge is 0.185 e. The zero-order valence-corrected chi connectivity index (χ0v) is 11.1. The summed E-state index contributed by atoms with van der Waals surface area (Å²) in [6, 6.07) is 2.73. The number of rotatable bonds is 2. The minimum absolute atomic E-state index is 0.0348. The number of pyridine rings is 1. The topological polar surface area (TPSA) is 42.3 Å². The van der Waals surface area contributed by atoms with E-state index >= 15 is 0 Å². The molecule has 1 atom stereocenters. The quantitative estimate of drug-likeness (QED) is 0.752. The molecule has 84 valence electrons. The summed E-state index contributed by atoms with van der Waals surface area (Å²) in [6.07, 6.45) is 2.87. The Kier molecular flexibility index (Phi) is 3.30. The lowest BCUT2D eigenvalue weighted by atomic mass is 10.5. The van der Waals surface area contributed by atoms with Gasteiger partial charge in [-0.3, -0.25) is 4.03 Å². The molecule has 1 rings (SSSR count).